The Balaban J connectivity index is 1.65. The number of ether oxygens (including phenoxy) is 1. The monoisotopic (exact) mass is 303 g/mol. The maximum atomic E-state index is 13.7. The van der Waals surface area contributed by atoms with Crippen molar-refractivity contribution in [2.45, 2.75) is 31.9 Å². The highest BCUT2D eigenvalue weighted by Crippen LogP contribution is 2.27. The first-order valence-corrected chi connectivity index (χ1v) is 7.98. The van der Waals surface area contributed by atoms with Crippen molar-refractivity contribution in [2.75, 3.05) is 37.7 Å². The van der Waals surface area contributed by atoms with E-state index in [2.05, 4.69) is 16.7 Å². The van der Waals surface area contributed by atoms with Crippen molar-refractivity contribution in [1.29, 1.82) is 5.26 Å². The summed E-state index contributed by atoms with van der Waals surface area (Å²) in [6.45, 7) is 6.66. The molecule has 3 rings (SSSR count). The van der Waals surface area contributed by atoms with Crippen LogP contribution in [-0.2, 0) is 4.74 Å². The summed E-state index contributed by atoms with van der Waals surface area (Å²) in [6, 6.07) is 7.45. The van der Waals surface area contributed by atoms with Gasteiger partial charge in [-0.3, -0.25) is 4.90 Å². The van der Waals surface area contributed by atoms with Gasteiger partial charge in [0.15, 0.2) is 0 Å². The molecule has 1 aromatic carbocycles. The number of nitriles is 1. The standard InChI is InChI=1S/C17H22FN3O/c1-13-12-21(9-10-22-13)14-5-7-20(8-6-14)17-4-2-3-16(18)15(17)11-19/h2-4,13-14H,5-10,12H2,1H3/t13-/m0/s1. The van der Waals surface area contributed by atoms with E-state index < -0.39 is 5.82 Å². The van der Waals surface area contributed by atoms with E-state index in [1.54, 1.807) is 6.07 Å². The summed E-state index contributed by atoms with van der Waals surface area (Å²) in [6.07, 6.45) is 2.41. The third-order valence-corrected chi connectivity index (χ3v) is 4.70. The van der Waals surface area contributed by atoms with E-state index in [9.17, 15) is 9.65 Å². The van der Waals surface area contributed by atoms with Crippen LogP contribution in [0.4, 0.5) is 10.1 Å². The molecule has 0 radical (unpaired) electrons. The number of hydrogen-bond donors (Lipinski definition) is 0. The van der Waals surface area contributed by atoms with Crippen LogP contribution in [0.2, 0.25) is 0 Å². The lowest BCUT2D eigenvalue weighted by Crippen LogP contribution is -2.51. The topological polar surface area (TPSA) is 39.5 Å². The first kappa shape index (κ1) is 15.3. The predicted octanol–water partition coefficient (Wildman–Crippen LogP) is 2.39. The second kappa shape index (κ2) is 6.64. The van der Waals surface area contributed by atoms with Gasteiger partial charge in [-0.15, -0.1) is 0 Å². The van der Waals surface area contributed by atoms with Gasteiger partial charge in [0.25, 0.3) is 0 Å². The molecule has 2 aliphatic rings. The minimum atomic E-state index is -0.427. The molecule has 2 aliphatic heterocycles. The quantitative estimate of drug-likeness (QED) is 0.841. The number of halogens is 1. The van der Waals surface area contributed by atoms with Crippen LogP contribution in [0.15, 0.2) is 18.2 Å². The summed E-state index contributed by atoms with van der Waals surface area (Å²) in [4.78, 5) is 4.66. The normalized spacial score (nSPS) is 24.2. The van der Waals surface area contributed by atoms with Gasteiger partial charge in [0.1, 0.15) is 17.4 Å². The molecule has 0 unspecified atom stereocenters. The number of rotatable bonds is 2. The zero-order valence-electron chi connectivity index (χ0n) is 13.0. The number of anilines is 1. The average Bonchev–Trinajstić information content (AvgIpc) is 2.55. The SMILES string of the molecule is C[C@H]1CN(C2CCN(c3cccc(F)c3C#N)CC2)CCO1. The summed E-state index contributed by atoms with van der Waals surface area (Å²) < 4.78 is 19.3. The van der Waals surface area contributed by atoms with Gasteiger partial charge in [-0.2, -0.15) is 5.26 Å². The lowest BCUT2D eigenvalue weighted by Gasteiger charge is -2.42. The molecule has 0 bridgehead atoms. The van der Waals surface area contributed by atoms with Crippen LogP contribution < -0.4 is 4.90 Å². The van der Waals surface area contributed by atoms with Crippen molar-refractivity contribution in [3.8, 4) is 6.07 Å². The third-order valence-electron chi connectivity index (χ3n) is 4.70. The molecule has 0 saturated carbocycles. The molecule has 0 aromatic heterocycles. The molecule has 2 saturated heterocycles. The summed E-state index contributed by atoms with van der Waals surface area (Å²) in [7, 11) is 0. The Labute approximate surface area is 131 Å². The summed E-state index contributed by atoms with van der Waals surface area (Å²) >= 11 is 0. The Bertz CT molecular complexity index is 564. The molecular formula is C17H22FN3O. The second-order valence-electron chi connectivity index (χ2n) is 6.14. The van der Waals surface area contributed by atoms with Gasteiger partial charge in [-0.05, 0) is 31.9 Å². The number of hydrogen-bond acceptors (Lipinski definition) is 4. The van der Waals surface area contributed by atoms with Gasteiger partial charge in [0.2, 0.25) is 0 Å². The van der Waals surface area contributed by atoms with Crippen LogP contribution in [0.25, 0.3) is 0 Å². The molecule has 2 fully saturated rings. The van der Waals surface area contributed by atoms with Gasteiger partial charge in [-0.1, -0.05) is 6.07 Å². The van der Waals surface area contributed by atoms with E-state index >= 15 is 0 Å². The Morgan fingerprint density at radius 3 is 2.73 bits per heavy atom. The fourth-order valence-corrected chi connectivity index (χ4v) is 3.54. The van der Waals surface area contributed by atoms with Crippen molar-refractivity contribution in [2.24, 2.45) is 0 Å². The first-order chi connectivity index (χ1) is 10.7. The van der Waals surface area contributed by atoms with Crippen LogP contribution in [0.3, 0.4) is 0 Å². The van der Waals surface area contributed by atoms with Gasteiger partial charge in [0.05, 0.1) is 18.4 Å². The van der Waals surface area contributed by atoms with Gasteiger partial charge in [0, 0.05) is 32.2 Å². The molecule has 0 amide bonds. The largest absolute Gasteiger partial charge is 0.376 e. The fourth-order valence-electron chi connectivity index (χ4n) is 3.54. The van der Waals surface area contributed by atoms with Crippen LogP contribution in [0.1, 0.15) is 25.3 Å². The number of benzene rings is 1. The smallest absolute Gasteiger partial charge is 0.143 e. The van der Waals surface area contributed by atoms with Gasteiger partial charge >= 0.3 is 0 Å². The highest BCUT2D eigenvalue weighted by Gasteiger charge is 2.28. The van der Waals surface area contributed by atoms with E-state index in [4.69, 9.17) is 4.74 Å². The summed E-state index contributed by atoms with van der Waals surface area (Å²) in [5.41, 5.74) is 0.900. The minimum absolute atomic E-state index is 0.168. The maximum absolute atomic E-state index is 13.7. The zero-order chi connectivity index (χ0) is 15.5. The molecule has 0 spiro atoms. The molecule has 4 nitrogen and oxygen atoms in total. The minimum Gasteiger partial charge on any atom is -0.376 e. The van der Waals surface area contributed by atoms with E-state index in [1.165, 1.54) is 6.07 Å². The second-order valence-corrected chi connectivity index (χ2v) is 6.14. The van der Waals surface area contributed by atoms with Crippen LogP contribution in [-0.4, -0.2) is 49.8 Å². The molecule has 1 aromatic rings. The highest BCUT2D eigenvalue weighted by molar-refractivity contribution is 5.60. The fraction of sp³-hybridized carbons (Fsp3) is 0.588. The van der Waals surface area contributed by atoms with Gasteiger partial charge < -0.3 is 9.64 Å². The van der Waals surface area contributed by atoms with Crippen LogP contribution in [0.5, 0.6) is 0 Å². The van der Waals surface area contributed by atoms with E-state index in [-0.39, 0.29) is 5.56 Å². The summed E-state index contributed by atoms with van der Waals surface area (Å²) in [5.74, 6) is -0.427. The van der Waals surface area contributed by atoms with E-state index in [0.29, 0.717) is 12.1 Å². The lowest BCUT2D eigenvalue weighted by atomic mass is 10.0. The van der Waals surface area contributed by atoms with Crippen LogP contribution in [0, 0.1) is 17.1 Å². The molecular weight excluding hydrogens is 281 g/mol. The van der Waals surface area contributed by atoms with Crippen LogP contribution >= 0.6 is 0 Å². The van der Waals surface area contributed by atoms with Crippen molar-refractivity contribution < 1.29 is 9.13 Å². The number of piperidine rings is 1. The predicted molar refractivity (Wildman–Crippen MR) is 83.3 cm³/mol. The molecule has 5 heteroatoms. The molecule has 1 atom stereocenters. The maximum Gasteiger partial charge on any atom is 0.143 e. The number of morpholine rings is 1. The average molecular weight is 303 g/mol. The number of nitrogens with zero attached hydrogens (tertiary/aromatic N) is 3. The van der Waals surface area contributed by atoms with Crippen molar-refractivity contribution >= 4 is 5.69 Å². The zero-order valence-corrected chi connectivity index (χ0v) is 13.0. The van der Waals surface area contributed by atoms with Crippen molar-refractivity contribution in [3.05, 3.63) is 29.6 Å². The molecule has 0 N–H and O–H groups in total. The van der Waals surface area contributed by atoms with Crippen molar-refractivity contribution in [1.82, 2.24) is 4.90 Å². The van der Waals surface area contributed by atoms with E-state index in [1.807, 2.05) is 12.1 Å². The lowest BCUT2D eigenvalue weighted by molar-refractivity contribution is -0.0373. The molecule has 2 heterocycles. The summed E-state index contributed by atoms with van der Waals surface area (Å²) in [5, 5.41) is 9.18. The molecule has 0 aliphatic carbocycles. The highest BCUT2D eigenvalue weighted by atomic mass is 19.1. The Kier molecular flexibility index (Phi) is 4.60. The Hall–Kier alpha value is -1.64. The van der Waals surface area contributed by atoms with E-state index in [0.717, 1.165) is 51.3 Å². The third kappa shape index (κ3) is 3.08. The Morgan fingerprint density at radius 2 is 2.05 bits per heavy atom. The van der Waals surface area contributed by atoms with Crippen molar-refractivity contribution in [3.63, 3.8) is 0 Å². The van der Waals surface area contributed by atoms with Gasteiger partial charge in [-0.25, -0.2) is 4.39 Å². The Morgan fingerprint density at radius 1 is 1.27 bits per heavy atom. The molecule has 22 heavy (non-hydrogen) atoms. The molecule has 118 valence electrons. The first-order valence-electron chi connectivity index (χ1n) is 7.98.